The van der Waals surface area contributed by atoms with Crippen LogP contribution in [0.15, 0.2) is 0 Å². The molecule has 1 unspecified atom stereocenters. The number of nitrogens with one attached hydrogen (secondary N) is 1. The first-order chi connectivity index (χ1) is 6.29. The van der Waals surface area contributed by atoms with Crippen molar-refractivity contribution in [3.63, 3.8) is 0 Å². The van der Waals surface area contributed by atoms with E-state index < -0.39 is 6.09 Å². The standard InChI is InChI=1S/C6H9N5O2/c12-6(13)11-3-1-2-4(11)5-7-9-10-8-5/h4H,1-3H2,(H,12,13)(H,7,8,9,10). The fraction of sp³-hybridized carbons (Fsp3) is 0.667. The van der Waals surface area contributed by atoms with Gasteiger partial charge in [0.1, 0.15) is 0 Å². The Balaban J connectivity index is 2.19. The first-order valence-electron chi connectivity index (χ1n) is 4.02. The van der Waals surface area contributed by atoms with Gasteiger partial charge in [0.05, 0.1) is 6.04 Å². The van der Waals surface area contributed by atoms with Crippen molar-refractivity contribution in [2.75, 3.05) is 6.54 Å². The van der Waals surface area contributed by atoms with Crippen molar-refractivity contribution in [1.29, 1.82) is 0 Å². The summed E-state index contributed by atoms with van der Waals surface area (Å²) in [5, 5.41) is 22.1. The van der Waals surface area contributed by atoms with Crippen LogP contribution in [0, 0.1) is 0 Å². The number of aromatic amines is 1. The Bertz CT molecular complexity index is 298. The third-order valence-corrected chi connectivity index (χ3v) is 2.16. The molecule has 70 valence electrons. The SMILES string of the molecule is O=C(O)N1CCCC1c1nn[nH]n1. The number of H-pyrrole nitrogens is 1. The van der Waals surface area contributed by atoms with Gasteiger partial charge in [-0.1, -0.05) is 5.21 Å². The van der Waals surface area contributed by atoms with Crippen molar-refractivity contribution >= 4 is 6.09 Å². The minimum absolute atomic E-state index is 0.226. The summed E-state index contributed by atoms with van der Waals surface area (Å²) in [5.41, 5.74) is 0. The molecule has 13 heavy (non-hydrogen) atoms. The summed E-state index contributed by atoms with van der Waals surface area (Å²) < 4.78 is 0. The summed E-state index contributed by atoms with van der Waals surface area (Å²) in [7, 11) is 0. The molecule has 1 aliphatic heterocycles. The van der Waals surface area contributed by atoms with Gasteiger partial charge in [-0.25, -0.2) is 4.79 Å². The Morgan fingerprint density at radius 2 is 2.54 bits per heavy atom. The van der Waals surface area contributed by atoms with Crippen LogP contribution < -0.4 is 0 Å². The number of carbonyl (C=O) groups is 1. The fourth-order valence-corrected chi connectivity index (χ4v) is 1.57. The Labute approximate surface area is 73.7 Å². The zero-order valence-electron chi connectivity index (χ0n) is 6.84. The average Bonchev–Trinajstić information content (AvgIpc) is 2.74. The van der Waals surface area contributed by atoms with Crippen LogP contribution in [0.5, 0.6) is 0 Å². The Morgan fingerprint density at radius 1 is 1.69 bits per heavy atom. The van der Waals surface area contributed by atoms with Gasteiger partial charge in [0.25, 0.3) is 0 Å². The summed E-state index contributed by atoms with van der Waals surface area (Å²) in [6.45, 7) is 0.550. The molecule has 0 aliphatic carbocycles. The Hall–Kier alpha value is -1.66. The summed E-state index contributed by atoms with van der Waals surface area (Å²) in [4.78, 5) is 12.1. The van der Waals surface area contributed by atoms with Crippen LogP contribution in [0.2, 0.25) is 0 Å². The van der Waals surface area contributed by atoms with Crippen LogP contribution in [-0.2, 0) is 0 Å². The Kier molecular flexibility index (Phi) is 1.84. The van der Waals surface area contributed by atoms with E-state index in [2.05, 4.69) is 20.6 Å². The first kappa shape index (κ1) is 7.96. The van der Waals surface area contributed by atoms with E-state index in [-0.39, 0.29) is 6.04 Å². The molecule has 1 aromatic rings. The smallest absolute Gasteiger partial charge is 0.407 e. The van der Waals surface area contributed by atoms with E-state index in [1.54, 1.807) is 0 Å². The summed E-state index contributed by atoms with van der Waals surface area (Å²) in [6, 6.07) is -0.226. The van der Waals surface area contributed by atoms with E-state index in [4.69, 9.17) is 5.11 Å². The van der Waals surface area contributed by atoms with Crippen molar-refractivity contribution < 1.29 is 9.90 Å². The highest BCUT2D eigenvalue weighted by Gasteiger charge is 2.32. The van der Waals surface area contributed by atoms with Crippen molar-refractivity contribution in [2.45, 2.75) is 18.9 Å². The molecule has 0 radical (unpaired) electrons. The summed E-state index contributed by atoms with van der Waals surface area (Å²) >= 11 is 0. The van der Waals surface area contributed by atoms with Gasteiger partial charge in [-0.2, -0.15) is 5.21 Å². The third kappa shape index (κ3) is 1.32. The predicted molar refractivity (Wildman–Crippen MR) is 40.9 cm³/mol. The molecule has 0 spiro atoms. The van der Waals surface area contributed by atoms with Crippen molar-refractivity contribution in [3.05, 3.63) is 5.82 Å². The normalized spacial score (nSPS) is 22.2. The number of rotatable bonds is 1. The average molecular weight is 183 g/mol. The lowest BCUT2D eigenvalue weighted by Gasteiger charge is -2.17. The first-order valence-corrected chi connectivity index (χ1v) is 4.02. The maximum absolute atomic E-state index is 10.7. The monoisotopic (exact) mass is 183 g/mol. The molecule has 7 heteroatoms. The van der Waals surface area contributed by atoms with E-state index in [9.17, 15) is 4.79 Å². The van der Waals surface area contributed by atoms with Crippen LogP contribution in [0.1, 0.15) is 24.7 Å². The zero-order chi connectivity index (χ0) is 9.26. The van der Waals surface area contributed by atoms with Gasteiger partial charge >= 0.3 is 6.09 Å². The minimum atomic E-state index is -0.924. The van der Waals surface area contributed by atoms with E-state index in [1.807, 2.05) is 0 Å². The van der Waals surface area contributed by atoms with Gasteiger partial charge in [0.2, 0.25) is 0 Å². The molecule has 2 rings (SSSR count). The van der Waals surface area contributed by atoms with Gasteiger partial charge < -0.3 is 5.11 Å². The lowest BCUT2D eigenvalue weighted by Crippen LogP contribution is -2.29. The molecule has 0 saturated carbocycles. The molecule has 0 aromatic carbocycles. The van der Waals surface area contributed by atoms with Crippen LogP contribution in [0.3, 0.4) is 0 Å². The van der Waals surface area contributed by atoms with Crippen molar-refractivity contribution in [3.8, 4) is 0 Å². The lowest BCUT2D eigenvalue weighted by atomic mass is 10.2. The largest absolute Gasteiger partial charge is 0.465 e. The van der Waals surface area contributed by atoms with Gasteiger partial charge in [0.15, 0.2) is 5.82 Å². The van der Waals surface area contributed by atoms with Crippen LogP contribution in [0.4, 0.5) is 4.79 Å². The molecule has 1 amide bonds. The summed E-state index contributed by atoms with van der Waals surface area (Å²) in [6.07, 6.45) is 0.699. The highest BCUT2D eigenvalue weighted by molar-refractivity contribution is 5.65. The number of hydrogen-bond donors (Lipinski definition) is 2. The maximum atomic E-state index is 10.7. The van der Waals surface area contributed by atoms with Gasteiger partial charge in [-0.3, -0.25) is 4.90 Å². The van der Waals surface area contributed by atoms with E-state index in [1.165, 1.54) is 4.90 Å². The number of amides is 1. The van der Waals surface area contributed by atoms with Gasteiger partial charge in [-0.05, 0) is 12.8 Å². The molecule has 1 atom stereocenters. The molecule has 1 aromatic heterocycles. The van der Waals surface area contributed by atoms with Crippen LogP contribution in [-0.4, -0.2) is 43.3 Å². The zero-order valence-corrected chi connectivity index (χ0v) is 6.84. The Morgan fingerprint density at radius 3 is 3.15 bits per heavy atom. The molecule has 1 fully saturated rings. The van der Waals surface area contributed by atoms with Gasteiger partial charge in [0, 0.05) is 6.54 Å². The molecule has 1 aliphatic rings. The lowest BCUT2D eigenvalue weighted by molar-refractivity contribution is 0.138. The number of likely N-dealkylation sites (tertiary alicyclic amines) is 1. The van der Waals surface area contributed by atoms with E-state index in [0.29, 0.717) is 12.4 Å². The molecule has 2 heterocycles. The van der Waals surface area contributed by atoms with Gasteiger partial charge in [-0.15, -0.1) is 10.2 Å². The predicted octanol–water partition coefficient (Wildman–Crippen LogP) is 0.0146. The molecule has 7 nitrogen and oxygen atoms in total. The van der Waals surface area contributed by atoms with Crippen molar-refractivity contribution in [2.24, 2.45) is 0 Å². The summed E-state index contributed by atoms with van der Waals surface area (Å²) in [5.74, 6) is 0.458. The maximum Gasteiger partial charge on any atom is 0.407 e. The molecule has 0 bridgehead atoms. The van der Waals surface area contributed by atoms with Crippen LogP contribution in [0.25, 0.3) is 0 Å². The number of carboxylic acid groups (broad SMARTS) is 1. The number of nitrogens with zero attached hydrogens (tertiary/aromatic N) is 4. The van der Waals surface area contributed by atoms with Crippen molar-refractivity contribution in [1.82, 2.24) is 25.5 Å². The second-order valence-corrected chi connectivity index (χ2v) is 2.90. The molecular weight excluding hydrogens is 174 g/mol. The molecule has 1 saturated heterocycles. The fourth-order valence-electron chi connectivity index (χ4n) is 1.57. The second-order valence-electron chi connectivity index (χ2n) is 2.90. The number of aromatic nitrogens is 4. The van der Waals surface area contributed by atoms with E-state index in [0.717, 1.165) is 12.8 Å². The van der Waals surface area contributed by atoms with Crippen LogP contribution >= 0.6 is 0 Å². The number of hydrogen-bond acceptors (Lipinski definition) is 4. The quantitative estimate of drug-likeness (QED) is 0.639. The number of tetrazole rings is 1. The topological polar surface area (TPSA) is 95.0 Å². The second kappa shape index (κ2) is 3.00. The van der Waals surface area contributed by atoms with E-state index >= 15 is 0 Å². The third-order valence-electron chi connectivity index (χ3n) is 2.16. The minimum Gasteiger partial charge on any atom is -0.465 e. The highest BCUT2D eigenvalue weighted by Crippen LogP contribution is 2.28. The molecule has 2 N–H and O–H groups in total. The highest BCUT2D eigenvalue weighted by atomic mass is 16.4. The molecular formula is C6H9N5O2.